The van der Waals surface area contributed by atoms with Gasteiger partial charge in [-0.1, -0.05) is 23.4 Å². The summed E-state index contributed by atoms with van der Waals surface area (Å²) in [6, 6.07) is 9.66. The van der Waals surface area contributed by atoms with Crippen LogP contribution in [0.2, 0.25) is 0 Å². The molecule has 5 aromatic rings. The van der Waals surface area contributed by atoms with Gasteiger partial charge in [-0.2, -0.15) is 5.10 Å². The third-order valence-corrected chi connectivity index (χ3v) is 5.23. The predicted molar refractivity (Wildman–Crippen MR) is 109 cm³/mol. The van der Waals surface area contributed by atoms with Crippen molar-refractivity contribution in [3.63, 3.8) is 0 Å². The molecule has 0 aliphatic heterocycles. The Morgan fingerprint density at radius 3 is 2.77 bits per heavy atom. The Labute approximate surface area is 170 Å². The summed E-state index contributed by atoms with van der Waals surface area (Å²) >= 11 is 0. The van der Waals surface area contributed by atoms with Crippen LogP contribution in [0.3, 0.4) is 0 Å². The van der Waals surface area contributed by atoms with Gasteiger partial charge >= 0.3 is 0 Å². The van der Waals surface area contributed by atoms with Crippen molar-refractivity contribution in [1.82, 2.24) is 24.9 Å². The van der Waals surface area contributed by atoms with E-state index in [4.69, 9.17) is 4.52 Å². The minimum atomic E-state index is -1.66. The zero-order chi connectivity index (χ0) is 20.9. The second-order valence-corrected chi connectivity index (χ2v) is 7.35. The van der Waals surface area contributed by atoms with Gasteiger partial charge in [-0.05, 0) is 19.1 Å². The van der Waals surface area contributed by atoms with Crippen LogP contribution in [0.15, 0.2) is 65.7 Å². The molecule has 0 saturated carbocycles. The number of H-pyrrole nitrogens is 1. The minimum Gasteiger partial charge on any atom is -0.377 e. The molecule has 2 N–H and O–H groups in total. The standard InChI is InChI=1S/C22H18FN5O2/c1-22(29,17-5-3-4-6-18(17)23)20-8-19(27-30-20)16-11-25-21-15(16)7-13(9-24-21)14-10-26-28(2)12-14/h3-12,29H,1-2H3,(H,24,25)/t22-/m1/s1. The van der Waals surface area contributed by atoms with E-state index in [1.54, 1.807) is 41.5 Å². The second-order valence-electron chi connectivity index (χ2n) is 7.35. The lowest BCUT2D eigenvalue weighted by atomic mass is 9.92. The summed E-state index contributed by atoms with van der Waals surface area (Å²) in [4.78, 5) is 7.60. The maximum atomic E-state index is 14.2. The molecule has 4 heterocycles. The third-order valence-electron chi connectivity index (χ3n) is 5.23. The summed E-state index contributed by atoms with van der Waals surface area (Å²) in [5.74, 6) is -0.369. The highest BCUT2D eigenvalue weighted by atomic mass is 19.1. The van der Waals surface area contributed by atoms with Crippen molar-refractivity contribution in [3.8, 4) is 22.4 Å². The zero-order valence-electron chi connectivity index (χ0n) is 16.3. The fraction of sp³-hybridized carbons (Fsp3) is 0.136. The van der Waals surface area contributed by atoms with Crippen LogP contribution in [0.4, 0.5) is 4.39 Å². The van der Waals surface area contributed by atoms with Gasteiger partial charge in [0, 0.05) is 59.3 Å². The number of aliphatic hydroxyl groups is 1. The van der Waals surface area contributed by atoms with Gasteiger partial charge in [0.05, 0.1) is 6.20 Å². The van der Waals surface area contributed by atoms with Gasteiger partial charge in [0.1, 0.15) is 22.8 Å². The van der Waals surface area contributed by atoms with Gasteiger partial charge < -0.3 is 14.6 Å². The van der Waals surface area contributed by atoms with Crippen molar-refractivity contribution in [3.05, 3.63) is 78.3 Å². The van der Waals surface area contributed by atoms with Crippen LogP contribution in [0, 0.1) is 5.82 Å². The lowest BCUT2D eigenvalue weighted by Gasteiger charge is -2.20. The van der Waals surface area contributed by atoms with Gasteiger partial charge in [0.2, 0.25) is 0 Å². The van der Waals surface area contributed by atoms with E-state index in [2.05, 4.69) is 20.2 Å². The maximum Gasteiger partial charge on any atom is 0.173 e. The third kappa shape index (κ3) is 2.89. The highest BCUT2D eigenvalue weighted by molar-refractivity contribution is 5.94. The molecule has 1 aromatic carbocycles. The first kappa shape index (κ1) is 18.3. The van der Waals surface area contributed by atoms with Gasteiger partial charge in [-0.3, -0.25) is 4.68 Å². The van der Waals surface area contributed by atoms with Gasteiger partial charge in [0.15, 0.2) is 5.76 Å². The number of pyridine rings is 1. The fourth-order valence-electron chi connectivity index (χ4n) is 3.56. The summed E-state index contributed by atoms with van der Waals surface area (Å²) in [5, 5.41) is 20.1. The van der Waals surface area contributed by atoms with E-state index in [0.717, 1.165) is 22.1 Å². The molecule has 0 saturated heterocycles. The Kier molecular flexibility index (Phi) is 4.04. The van der Waals surface area contributed by atoms with Crippen LogP contribution in [-0.2, 0) is 12.6 Å². The SMILES string of the molecule is Cn1cc(-c2cnc3[nH]cc(-c4cc([C@](C)(O)c5ccccc5F)on4)c3c2)cn1. The number of nitrogens with one attached hydrogen (secondary N) is 1. The first-order valence-electron chi connectivity index (χ1n) is 9.34. The molecular formula is C22H18FN5O2. The molecule has 150 valence electrons. The largest absolute Gasteiger partial charge is 0.377 e. The number of hydrogen-bond donors (Lipinski definition) is 2. The average molecular weight is 403 g/mol. The smallest absolute Gasteiger partial charge is 0.173 e. The number of nitrogens with zero attached hydrogens (tertiary/aromatic N) is 4. The van der Waals surface area contributed by atoms with Crippen molar-refractivity contribution >= 4 is 11.0 Å². The Morgan fingerprint density at radius 1 is 1.17 bits per heavy atom. The van der Waals surface area contributed by atoms with Crippen molar-refractivity contribution < 1.29 is 14.0 Å². The quantitative estimate of drug-likeness (QED) is 0.473. The van der Waals surface area contributed by atoms with Gasteiger partial charge in [-0.15, -0.1) is 0 Å². The molecule has 5 rings (SSSR count). The molecule has 0 aliphatic carbocycles. The Hall–Kier alpha value is -3.78. The number of rotatable bonds is 4. The molecule has 0 fully saturated rings. The average Bonchev–Trinajstić information content (AvgIpc) is 3.46. The molecule has 1 atom stereocenters. The van der Waals surface area contributed by atoms with Crippen LogP contribution >= 0.6 is 0 Å². The molecule has 8 heteroatoms. The highest BCUT2D eigenvalue weighted by Gasteiger charge is 2.33. The lowest BCUT2D eigenvalue weighted by Crippen LogP contribution is -2.23. The summed E-state index contributed by atoms with van der Waals surface area (Å²) < 4.78 is 21.4. The Morgan fingerprint density at radius 2 is 2.00 bits per heavy atom. The number of halogens is 1. The van der Waals surface area contributed by atoms with Crippen LogP contribution in [0.1, 0.15) is 18.2 Å². The van der Waals surface area contributed by atoms with E-state index in [9.17, 15) is 9.50 Å². The molecule has 7 nitrogen and oxygen atoms in total. The number of benzene rings is 1. The molecular weight excluding hydrogens is 385 g/mol. The van der Waals surface area contributed by atoms with E-state index in [1.807, 2.05) is 19.3 Å². The van der Waals surface area contributed by atoms with E-state index >= 15 is 0 Å². The monoisotopic (exact) mass is 403 g/mol. The zero-order valence-corrected chi connectivity index (χ0v) is 16.3. The molecule has 0 unspecified atom stereocenters. The normalized spacial score (nSPS) is 13.6. The lowest BCUT2D eigenvalue weighted by molar-refractivity contribution is 0.0658. The van der Waals surface area contributed by atoms with Gasteiger partial charge in [-0.25, -0.2) is 9.37 Å². The molecule has 0 aliphatic rings. The molecule has 0 amide bonds. The van der Waals surface area contributed by atoms with Crippen molar-refractivity contribution in [1.29, 1.82) is 0 Å². The van der Waals surface area contributed by atoms with Crippen LogP contribution < -0.4 is 0 Å². The Bertz CT molecular complexity index is 1360. The first-order valence-corrected chi connectivity index (χ1v) is 9.34. The topological polar surface area (TPSA) is 92.8 Å². The number of aromatic amines is 1. The number of aromatic nitrogens is 5. The molecule has 0 radical (unpaired) electrons. The maximum absolute atomic E-state index is 14.2. The van der Waals surface area contributed by atoms with Gasteiger partial charge in [0.25, 0.3) is 0 Å². The van der Waals surface area contributed by atoms with Crippen LogP contribution in [-0.4, -0.2) is 30.0 Å². The van der Waals surface area contributed by atoms with Crippen molar-refractivity contribution in [2.75, 3.05) is 0 Å². The van der Waals surface area contributed by atoms with Crippen LogP contribution in [0.25, 0.3) is 33.4 Å². The Balaban J connectivity index is 1.57. The fourth-order valence-corrected chi connectivity index (χ4v) is 3.56. The van der Waals surface area contributed by atoms with E-state index in [0.29, 0.717) is 11.3 Å². The van der Waals surface area contributed by atoms with Crippen molar-refractivity contribution in [2.24, 2.45) is 7.05 Å². The van der Waals surface area contributed by atoms with Crippen LogP contribution in [0.5, 0.6) is 0 Å². The first-order chi connectivity index (χ1) is 14.4. The second kappa shape index (κ2) is 6.64. The number of aryl methyl sites for hydroxylation is 1. The molecule has 4 aromatic heterocycles. The number of fused-ring (bicyclic) bond motifs is 1. The minimum absolute atomic E-state index is 0.118. The summed E-state index contributed by atoms with van der Waals surface area (Å²) in [6.45, 7) is 1.48. The van der Waals surface area contributed by atoms with E-state index in [-0.39, 0.29) is 11.3 Å². The van der Waals surface area contributed by atoms with Crippen molar-refractivity contribution in [2.45, 2.75) is 12.5 Å². The molecule has 0 bridgehead atoms. The predicted octanol–water partition coefficient (Wildman–Crippen LogP) is 4.01. The molecule has 30 heavy (non-hydrogen) atoms. The summed E-state index contributed by atoms with van der Waals surface area (Å²) in [7, 11) is 1.86. The number of hydrogen-bond acceptors (Lipinski definition) is 5. The van der Waals surface area contributed by atoms with E-state index in [1.165, 1.54) is 19.1 Å². The summed E-state index contributed by atoms with van der Waals surface area (Å²) in [6.07, 6.45) is 7.24. The molecule has 0 spiro atoms. The van der Waals surface area contributed by atoms with E-state index < -0.39 is 11.4 Å². The summed E-state index contributed by atoms with van der Waals surface area (Å²) in [5.41, 5.74) is 2.29. The highest BCUT2D eigenvalue weighted by Crippen LogP contribution is 2.35.